The maximum atomic E-state index is 12.2. The van der Waals surface area contributed by atoms with Crippen molar-refractivity contribution in [2.45, 2.75) is 25.0 Å². The highest BCUT2D eigenvalue weighted by molar-refractivity contribution is 7.07. The van der Waals surface area contributed by atoms with Gasteiger partial charge in [-0.25, -0.2) is 0 Å². The maximum absolute atomic E-state index is 12.2. The fourth-order valence-electron chi connectivity index (χ4n) is 2.54. The van der Waals surface area contributed by atoms with Crippen LogP contribution in [-0.4, -0.2) is 23.6 Å². The van der Waals surface area contributed by atoms with E-state index in [1.807, 2.05) is 41.1 Å². The molecule has 2 unspecified atom stereocenters. The summed E-state index contributed by atoms with van der Waals surface area (Å²) in [7, 11) is 0. The predicted molar refractivity (Wildman–Crippen MR) is 84.5 cm³/mol. The zero-order chi connectivity index (χ0) is 14.7. The molecular weight excluding hydrogens is 284 g/mol. The van der Waals surface area contributed by atoms with Gasteiger partial charge in [-0.3, -0.25) is 4.79 Å². The normalized spacial score (nSPS) is 19.5. The summed E-state index contributed by atoms with van der Waals surface area (Å²) in [5.41, 5.74) is 2.95. The zero-order valence-electron chi connectivity index (χ0n) is 11.6. The molecule has 0 saturated carbocycles. The van der Waals surface area contributed by atoms with Gasteiger partial charge < -0.3 is 15.7 Å². The monoisotopic (exact) mass is 302 g/mol. The number of nitrogens with one attached hydrogen (secondary N) is 2. The second-order valence-electron chi connectivity index (χ2n) is 5.22. The van der Waals surface area contributed by atoms with Crippen LogP contribution in [0.3, 0.4) is 0 Å². The summed E-state index contributed by atoms with van der Waals surface area (Å²) in [6.07, 6.45) is 1.01. The van der Waals surface area contributed by atoms with Gasteiger partial charge in [0.25, 0.3) is 0 Å². The van der Waals surface area contributed by atoms with E-state index in [2.05, 4.69) is 10.6 Å². The number of aliphatic hydroxyl groups excluding tert-OH is 1. The summed E-state index contributed by atoms with van der Waals surface area (Å²) >= 11 is 1.56. The van der Waals surface area contributed by atoms with Crippen molar-refractivity contribution in [1.29, 1.82) is 0 Å². The third-order valence-electron chi connectivity index (χ3n) is 3.78. The molecule has 0 fully saturated rings. The number of para-hydroxylation sites is 1. The van der Waals surface area contributed by atoms with Crippen LogP contribution in [0.2, 0.25) is 0 Å². The second kappa shape index (κ2) is 6.39. The number of hydrogen-bond donors (Lipinski definition) is 3. The molecular formula is C16H18N2O2S. The number of anilines is 1. The largest absolute Gasteiger partial charge is 0.387 e. The lowest BCUT2D eigenvalue weighted by atomic mass is 10.1. The Morgan fingerprint density at radius 3 is 3.05 bits per heavy atom. The molecule has 0 aliphatic carbocycles. The van der Waals surface area contributed by atoms with E-state index >= 15 is 0 Å². The number of hydrogen-bond acceptors (Lipinski definition) is 4. The average molecular weight is 302 g/mol. The number of carbonyl (C=O) groups excluding carboxylic acids is 1. The Balaban J connectivity index is 1.61. The summed E-state index contributed by atoms with van der Waals surface area (Å²) in [6, 6.07) is 9.51. The first kappa shape index (κ1) is 14.3. The number of aliphatic hydroxyl groups is 1. The van der Waals surface area contributed by atoms with Crippen LogP contribution in [0.5, 0.6) is 0 Å². The van der Waals surface area contributed by atoms with E-state index in [1.165, 1.54) is 0 Å². The second-order valence-corrected chi connectivity index (χ2v) is 6.00. The molecule has 5 heteroatoms. The van der Waals surface area contributed by atoms with Gasteiger partial charge in [0.05, 0.1) is 12.1 Å². The number of aryl methyl sites for hydroxylation is 1. The summed E-state index contributed by atoms with van der Waals surface area (Å²) in [6.45, 7) is 0.380. The van der Waals surface area contributed by atoms with E-state index in [0.29, 0.717) is 6.54 Å². The van der Waals surface area contributed by atoms with Gasteiger partial charge >= 0.3 is 0 Å². The standard InChI is InChI=1S/C16H18N2O2S/c19-15(12-7-8-21-10-12)9-17-14-6-5-11-3-1-2-4-13(11)18-16(14)20/h1-4,7-8,10,14-15,17,19H,5-6,9H2,(H,18,20). The molecule has 2 atom stereocenters. The van der Waals surface area contributed by atoms with Crippen LogP contribution in [0.15, 0.2) is 41.1 Å². The van der Waals surface area contributed by atoms with E-state index in [-0.39, 0.29) is 11.9 Å². The van der Waals surface area contributed by atoms with E-state index in [0.717, 1.165) is 29.7 Å². The van der Waals surface area contributed by atoms with Gasteiger partial charge in [-0.2, -0.15) is 11.3 Å². The summed E-state index contributed by atoms with van der Waals surface area (Å²) in [5.74, 6) is -0.0301. The molecule has 1 aliphatic heterocycles. The number of rotatable bonds is 4. The molecule has 0 saturated heterocycles. The summed E-state index contributed by atoms with van der Waals surface area (Å²) in [4.78, 5) is 12.2. The average Bonchev–Trinajstić information content (AvgIpc) is 2.97. The lowest BCUT2D eigenvalue weighted by molar-refractivity contribution is -0.118. The van der Waals surface area contributed by atoms with Crippen LogP contribution in [0.25, 0.3) is 0 Å². The van der Waals surface area contributed by atoms with Crippen LogP contribution in [0.1, 0.15) is 23.7 Å². The molecule has 1 aliphatic rings. The molecule has 1 amide bonds. The number of fused-ring (bicyclic) bond motifs is 1. The van der Waals surface area contributed by atoms with Gasteiger partial charge in [-0.05, 0) is 46.9 Å². The topological polar surface area (TPSA) is 61.4 Å². The SMILES string of the molecule is O=C1Nc2ccccc2CCC1NCC(O)c1ccsc1. The number of amides is 1. The highest BCUT2D eigenvalue weighted by Crippen LogP contribution is 2.22. The minimum atomic E-state index is -0.574. The lowest BCUT2D eigenvalue weighted by Gasteiger charge is -2.17. The maximum Gasteiger partial charge on any atom is 0.241 e. The van der Waals surface area contributed by atoms with Gasteiger partial charge in [-0.15, -0.1) is 0 Å². The Kier molecular flexibility index (Phi) is 4.34. The smallest absolute Gasteiger partial charge is 0.241 e. The molecule has 2 heterocycles. The van der Waals surface area contributed by atoms with E-state index in [9.17, 15) is 9.90 Å². The first-order valence-corrected chi connectivity index (χ1v) is 8.00. The van der Waals surface area contributed by atoms with E-state index in [1.54, 1.807) is 11.3 Å². The highest BCUT2D eigenvalue weighted by atomic mass is 32.1. The molecule has 0 radical (unpaired) electrons. The van der Waals surface area contributed by atoms with Crippen molar-refractivity contribution in [3.05, 3.63) is 52.2 Å². The molecule has 0 spiro atoms. The van der Waals surface area contributed by atoms with Crippen molar-refractivity contribution in [1.82, 2.24) is 5.32 Å². The fourth-order valence-corrected chi connectivity index (χ4v) is 3.25. The van der Waals surface area contributed by atoms with Gasteiger partial charge in [0.1, 0.15) is 0 Å². The Labute approximate surface area is 127 Å². The van der Waals surface area contributed by atoms with Gasteiger partial charge in [0.2, 0.25) is 5.91 Å². The van der Waals surface area contributed by atoms with Crippen LogP contribution >= 0.6 is 11.3 Å². The first-order valence-electron chi connectivity index (χ1n) is 7.06. The van der Waals surface area contributed by atoms with Gasteiger partial charge in [0, 0.05) is 12.2 Å². The van der Waals surface area contributed by atoms with Crippen molar-refractivity contribution < 1.29 is 9.90 Å². The Morgan fingerprint density at radius 2 is 2.24 bits per heavy atom. The molecule has 4 nitrogen and oxygen atoms in total. The van der Waals surface area contributed by atoms with Gasteiger partial charge in [0.15, 0.2) is 0 Å². The number of thiophene rings is 1. The van der Waals surface area contributed by atoms with Gasteiger partial charge in [-0.1, -0.05) is 18.2 Å². The lowest BCUT2D eigenvalue weighted by Crippen LogP contribution is -2.41. The van der Waals surface area contributed by atoms with E-state index in [4.69, 9.17) is 0 Å². The minimum Gasteiger partial charge on any atom is -0.387 e. The van der Waals surface area contributed by atoms with Crippen molar-refractivity contribution in [3.8, 4) is 0 Å². The van der Waals surface area contributed by atoms with Crippen molar-refractivity contribution >= 4 is 22.9 Å². The minimum absolute atomic E-state index is 0.0301. The number of benzene rings is 1. The molecule has 2 aromatic rings. The summed E-state index contributed by atoms with van der Waals surface area (Å²) in [5, 5.41) is 20.1. The molecule has 1 aromatic carbocycles. The third kappa shape index (κ3) is 3.32. The molecule has 21 heavy (non-hydrogen) atoms. The quantitative estimate of drug-likeness (QED) is 0.812. The molecule has 1 aromatic heterocycles. The Bertz CT molecular complexity index is 612. The third-order valence-corrected chi connectivity index (χ3v) is 4.48. The Morgan fingerprint density at radius 1 is 1.38 bits per heavy atom. The van der Waals surface area contributed by atoms with Crippen LogP contribution in [0.4, 0.5) is 5.69 Å². The molecule has 3 N–H and O–H groups in total. The molecule has 0 bridgehead atoms. The van der Waals surface area contributed by atoms with E-state index < -0.39 is 6.10 Å². The fraction of sp³-hybridized carbons (Fsp3) is 0.312. The van der Waals surface area contributed by atoms with Crippen molar-refractivity contribution in [3.63, 3.8) is 0 Å². The predicted octanol–water partition coefficient (Wildman–Crippen LogP) is 2.32. The number of carbonyl (C=O) groups is 1. The Hall–Kier alpha value is -1.69. The van der Waals surface area contributed by atoms with Crippen LogP contribution in [-0.2, 0) is 11.2 Å². The highest BCUT2D eigenvalue weighted by Gasteiger charge is 2.23. The van der Waals surface area contributed by atoms with Crippen molar-refractivity contribution in [2.75, 3.05) is 11.9 Å². The molecule has 110 valence electrons. The first-order chi connectivity index (χ1) is 10.2. The molecule has 3 rings (SSSR count). The zero-order valence-corrected chi connectivity index (χ0v) is 12.4. The van der Waals surface area contributed by atoms with Crippen LogP contribution in [0, 0.1) is 0 Å². The van der Waals surface area contributed by atoms with Crippen molar-refractivity contribution in [2.24, 2.45) is 0 Å². The van der Waals surface area contributed by atoms with Crippen LogP contribution < -0.4 is 10.6 Å². The summed E-state index contributed by atoms with van der Waals surface area (Å²) < 4.78 is 0.